The van der Waals surface area contributed by atoms with Crippen molar-refractivity contribution in [3.05, 3.63) is 29.5 Å². The molecular formula is C10H11N5O. The molecule has 0 bridgehead atoms. The zero-order valence-corrected chi connectivity index (χ0v) is 8.66. The Morgan fingerprint density at radius 3 is 3.06 bits per heavy atom. The van der Waals surface area contributed by atoms with E-state index in [1.807, 2.05) is 6.07 Å². The first-order valence-electron chi connectivity index (χ1n) is 4.93. The van der Waals surface area contributed by atoms with Gasteiger partial charge in [0.2, 0.25) is 0 Å². The number of rotatable bonds is 0. The van der Waals surface area contributed by atoms with E-state index in [2.05, 4.69) is 21.0 Å². The number of nitrogens with zero attached hydrogens (tertiary/aromatic N) is 1. The van der Waals surface area contributed by atoms with E-state index >= 15 is 0 Å². The van der Waals surface area contributed by atoms with Gasteiger partial charge in [0.05, 0.1) is 16.8 Å². The number of hydrazine groups is 1. The van der Waals surface area contributed by atoms with Crippen LogP contribution in [0.3, 0.4) is 0 Å². The molecule has 2 heterocycles. The summed E-state index contributed by atoms with van der Waals surface area (Å²) in [6.45, 7) is 1.77. The molecule has 2 aromatic rings. The number of aromatic amines is 1. The minimum Gasteiger partial charge on any atom is -0.307 e. The van der Waals surface area contributed by atoms with E-state index in [9.17, 15) is 4.79 Å². The van der Waals surface area contributed by atoms with Crippen LogP contribution in [0.4, 0.5) is 0 Å². The molecular weight excluding hydrogens is 206 g/mol. The Labute approximate surface area is 91.2 Å². The number of carbonyl (C=O) groups is 1. The van der Waals surface area contributed by atoms with Crippen LogP contribution < -0.4 is 16.6 Å². The smallest absolute Gasteiger partial charge is 0.266 e. The fourth-order valence-corrected chi connectivity index (χ4v) is 1.95. The van der Waals surface area contributed by atoms with Gasteiger partial charge in [-0.05, 0) is 19.1 Å². The lowest BCUT2D eigenvalue weighted by Crippen LogP contribution is -2.54. The molecule has 0 fully saturated rings. The molecule has 0 aliphatic carbocycles. The average Bonchev–Trinajstić information content (AvgIpc) is 2.66. The van der Waals surface area contributed by atoms with Gasteiger partial charge in [-0.15, -0.1) is 0 Å². The lowest BCUT2D eigenvalue weighted by molar-refractivity contribution is 0.0914. The normalized spacial score (nSPS) is 24.2. The fourth-order valence-electron chi connectivity index (χ4n) is 1.95. The number of aromatic nitrogens is 2. The second-order valence-electron chi connectivity index (χ2n) is 4.08. The predicted molar refractivity (Wildman–Crippen MR) is 58.2 cm³/mol. The van der Waals surface area contributed by atoms with Crippen molar-refractivity contribution in [1.82, 2.24) is 21.0 Å². The van der Waals surface area contributed by atoms with Crippen molar-refractivity contribution >= 4 is 16.8 Å². The summed E-state index contributed by atoms with van der Waals surface area (Å²) in [5, 5.41) is 7.79. The van der Waals surface area contributed by atoms with E-state index in [1.165, 1.54) is 0 Å². The molecule has 0 saturated heterocycles. The second kappa shape index (κ2) is 2.81. The topological polar surface area (TPSA) is 95.8 Å². The third-order valence-corrected chi connectivity index (χ3v) is 2.78. The van der Waals surface area contributed by atoms with Gasteiger partial charge in [-0.2, -0.15) is 5.10 Å². The summed E-state index contributed by atoms with van der Waals surface area (Å²) in [5.41, 5.74) is 12.5. The van der Waals surface area contributed by atoms with Crippen molar-refractivity contribution in [2.24, 2.45) is 5.73 Å². The number of nitrogens with two attached hydrogens (primary N) is 1. The van der Waals surface area contributed by atoms with Crippen LogP contribution in [0.1, 0.15) is 23.0 Å². The summed E-state index contributed by atoms with van der Waals surface area (Å²) in [7, 11) is 0. The van der Waals surface area contributed by atoms with E-state index < -0.39 is 5.66 Å². The molecule has 3 rings (SSSR count). The summed E-state index contributed by atoms with van der Waals surface area (Å²) >= 11 is 0. The Morgan fingerprint density at radius 1 is 1.44 bits per heavy atom. The first-order valence-corrected chi connectivity index (χ1v) is 4.93. The van der Waals surface area contributed by atoms with Gasteiger partial charge >= 0.3 is 0 Å². The zero-order valence-electron chi connectivity index (χ0n) is 8.66. The molecule has 5 N–H and O–H groups in total. The van der Waals surface area contributed by atoms with Crippen molar-refractivity contribution in [3.8, 4) is 0 Å². The molecule has 1 aliphatic heterocycles. The molecule has 0 radical (unpaired) electrons. The molecule has 0 spiro atoms. The highest BCUT2D eigenvalue weighted by molar-refractivity contribution is 6.07. The summed E-state index contributed by atoms with van der Waals surface area (Å²) < 4.78 is 0. The van der Waals surface area contributed by atoms with Crippen molar-refractivity contribution < 1.29 is 4.79 Å². The molecule has 1 aliphatic rings. The van der Waals surface area contributed by atoms with Crippen LogP contribution in [0.15, 0.2) is 18.2 Å². The standard InChI is InChI=1S/C10H11N5O/c1-10(11)8-7-5(9(16)14-15-10)3-2-4-6(7)12-13-8/h2-4,15H,11H2,1H3,(H,12,13)(H,14,16). The maximum absolute atomic E-state index is 11.8. The molecule has 1 atom stereocenters. The predicted octanol–water partition coefficient (Wildman–Crippen LogP) is -0.0577. The minimum absolute atomic E-state index is 0.206. The molecule has 6 heteroatoms. The van der Waals surface area contributed by atoms with Crippen molar-refractivity contribution in [2.75, 3.05) is 0 Å². The number of carbonyl (C=O) groups excluding carboxylic acids is 1. The van der Waals surface area contributed by atoms with E-state index in [0.717, 1.165) is 10.9 Å². The van der Waals surface area contributed by atoms with Crippen molar-refractivity contribution in [3.63, 3.8) is 0 Å². The van der Waals surface area contributed by atoms with Gasteiger partial charge in [0.1, 0.15) is 5.66 Å². The summed E-state index contributed by atoms with van der Waals surface area (Å²) in [6, 6.07) is 5.38. The fraction of sp³-hybridized carbons (Fsp3) is 0.200. The van der Waals surface area contributed by atoms with E-state index in [1.54, 1.807) is 19.1 Å². The Kier molecular flexibility index (Phi) is 1.63. The van der Waals surface area contributed by atoms with Gasteiger partial charge in [-0.25, -0.2) is 5.43 Å². The van der Waals surface area contributed by atoms with Crippen LogP contribution >= 0.6 is 0 Å². The van der Waals surface area contributed by atoms with Gasteiger partial charge in [-0.3, -0.25) is 15.3 Å². The van der Waals surface area contributed by atoms with Crippen LogP contribution in [0.25, 0.3) is 10.9 Å². The van der Waals surface area contributed by atoms with E-state index in [4.69, 9.17) is 5.73 Å². The van der Waals surface area contributed by atoms with Crippen LogP contribution in [0.5, 0.6) is 0 Å². The van der Waals surface area contributed by atoms with Gasteiger partial charge in [0.25, 0.3) is 5.91 Å². The van der Waals surface area contributed by atoms with Gasteiger partial charge in [0, 0.05) is 5.39 Å². The summed E-state index contributed by atoms with van der Waals surface area (Å²) in [6.07, 6.45) is 0. The second-order valence-corrected chi connectivity index (χ2v) is 4.08. The summed E-state index contributed by atoms with van der Waals surface area (Å²) in [4.78, 5) is 11.8. The maximum Gasteiger partial charge on any atom is 0.266 e. The molecule has 1 amide bonds. The monoisotopic (exact) mass is 217 g/mol. The third-order valence-electron chi connectivity index (χ3n) is 2.78. The first-order chi connectivity index (χ1) is 7.59. The lowest BCUT2D eigenvalue weighted by atomic mass is 10.0. The Balaban J connectivity index is 2.45. The van der Waals surface area contributed by atoms with Gasteiger partial charge in [-0.1, -0.05) is 6.07 Å². The first kappa shape index (κ1) is 9.32. The third kappa shape index (κ3) is 1.08. The highest BCUT2D eigenvalue weighted by Gasteiger charge is 2.31. The zero-order chi connectivity index (χ0) is 11.3. The molecule has 0 saturated carbocycles. The largest absolute Gasteiger partial charge is 0.307 e. The van der Waals surface area contributed by atoms with Crippen LogP contribution in [-0.2, 0) is 5.66 Å². The summed E-state index contributed by atoms with van der Waals surface area (Å²) in [5.74, 6) is -0.206. The highest BCUT2D eigenvalue weighted by Crippen LogP contribution is 2.27. The lowest BCUT2D eigenvalue weighted by Gasteiger charge is -2.22. The average molecular weight is 217 g/mol. The van der Waals surface area contributed by atoms with Crippen LogP contribution in [0, 0.1) is 0 Å². The molecule has 6 nitrogen and oxygen atoms in total. The Bertz CT molecular complexity index is 586. The highest BCUT2D eigenvalue weighted by atomic mass is 16.2. The van der Waals surface area contributed by atoms with Crippen LogP contribution in [0.2, 0.25) is 0 Å². The number of amides is 1. The Morgan fingerprint density at radius 2 is 2.25 bits per heavy atom. The number of hydrogen-bond acceptors (Lipinski definition) is 4. The molecule has 1 aromatic heterocycles. The maximum atomic E-state index is 11.8. The number of benzene rings is 1. The molecule has 82 valence electrons. The molecule has 16 heavy (non-hydrogen) atoms. The van der Waals surface area contributed by atoms with Crippen LogP contribution in [-0.4, -0.2) is 16.1 Å². The number of nitrogens with one attached hydrogen (secondary N) is 3. The number of H-pyrrole nitrogens is 1. The van der Waals surface area contributed by atoms with E-state index in [-0.39, 0.29) is 5.91 Å². The number of hydrogen-bond donors (Lipinski definition) is 4. The van der Waals surface area contributed by atoms with Gasteiger partial charge < -0.3 is 5.73 Å². The minimum atomic E-state index is -0.864. The quantitative estimate of drug-likeness (QED) is 0.497. The SMILES string of the molecule is CC1(N)NNC(=O)c2cccc3n[nH]c1c23. The van der Waals surface area contributed by atoms with Crippen molar-refractivity contribution in [2.45, 2.75) is 12.6 Å². The molecule has 1 unspecified atom stereocenters. The molecule has 1 aromatic carbocycles. The van der Waals surface area contributed by atoms with Crippen molar-refractivity contribution in [1.29, 1.82) is 0 Å². The van der Waals surface area contributed by atoms with E-state index in [0.29, 0.717) is 11.3 Å². The van der Waals surface area contributed by atoms with Gasteiger partial charge in [0.15, 0.2) is 0 Å². The Hall–Kier alpha value is -1.92.